The van der Waals surface area contributed by atoms with Crippen molar-refractivity contribution in [3.63, 3.8) is 0 Å². The number of hydrogen-bond acceptors (Lipinski definition) is 2. The summed E-state index contributed by atoms with van der Waals surface area (Å²) in [5.74, 6) is 0. The topological polar surface area (TPSA) is 24.7 Å². The number of rotatable bonds is 2. The van der Waals surface area contributed by atoms with Gasteiger partial charge in [-0.15, -0.1) is 0 Å². The lowest BCUT2D eigenvalue weighted by molar-refractivity contribution is -0.137. The van der Waals surface area contributed by atoms with Gasteiger partial charge in [-0.1, -0.05) is 17.7 Å². The average Bonchev–Trinajstić information content (AvgIpc) is 2.37. The SMILES string of the molecule is Cc1ccc(/N=N/c2ccc(C(F)(F)F)cc2)cc1. The molecule has 0 saturated carbocycles. The molecule has 0 fully saturated rings. The molecule has 0 heterocycles. The van der Waals surface area contributed by atoms with Crippen molar-refractivity contribution < 1.29 is 13.2 Å². The standard InChI is InChI=1S/C14H11F3N2/c1-10-2-6-12(7-3-10)18-19-13-8-4-11(5-9-13)14(15,16)17/h2-9H,1H3/b19-18+. The van der Waals surface area contributed by atoms with Gasteiger partial charge in [0, 0.05) is 0 Å². The summed E-state index contributed by atoms with van der Waals surface area (Å²) in [6, 6.07) is 11.9. The first kappa shape index (κ1) is 13.3. The van der Waals surface area contributed by atoms with Gasteiger partial charge in [-0.05, 0) is 43.3 Å². The highest BCUT2D eigenvalue weighted by molar-refractivity contribution is 5.42. The third kappa shape index (κ3) is 3.64. The van der Waals surface area contributed by atoms with E-state index in [-0.39, 0.29) is 0 Å². The van der Waals surface area contributed by atoms with Crippen LogP contribution in [0, 0.1) is 6.92 Å². The van der Waals surface area contributed by atoms with Gasteiger partial charge in [-0.3, -0.25) is 0 Å². The summed E-state index contributed by atoms with van der Waals surface area (Å²) in [4.78, 5) is 0. The summed E-state index contributed by atoms with van der Waals surface area (Å²) in [5.41, 5.74) is 1.45. The Balaban J connectivity index is 2.13. The molecule has 0 bridgehead atoms. The average molecular weight is 264 g/mol. The molecule has 0 unspecified atom stereocenters. The van der Waals surface area contributed by atoms with Crippen LogP contribution in [0.3, 0.4) is 0 Å². The molecule has 0 atom stereocenters. The van der Waals surface area contributed by atoms with E-state index in [9.17, 15) is 13.2 Å². The Labute approximate surface area is 108 Å². The van der Waals surface area contributed by atoms with Crippen molar-refractivity contribution in [1.82, 2.24) is 0 Å². The molecule has 2 rings (SSSR count). The highest BCUT2D eigenvalue weighted by Crippen LogP contribution is 2.30. The summed E-state index contributed by atoms with van der Waals surface area (Å²) in [6.07, 6.45) is -4.33. The molecule has 0 saturated heterocycles. The van der Waals surface area contributed by atoms with Gasteiger partial charge in [0.25, 0.3) is 0 Å². The summed E-state index contributed by atoms with van der Waals surface area (Å²) >= 11 is 0. The molecule has 19 heavy (non-hydrogen) atoms. The Morgan fingerprint density at radius 1 is 0.737 bits per heavy atom. The number of benzene rings is 2. The van der Waals surface area contributed by atoms with Gasteiger partial charge in [-0.25, -0.2) is 0 Å². The largest absolute Gasteiger partial charge is 0.416 e. The molecule has 0 amide bonds. The summed E-state index contributed by atoms with van der Waals surface area (Å²) in [7, 11) is 0. The van der Waals surface area contributed by atoms with Crippen molar-refractivity contribution >= 4 is 11.4 Å². The molecule has 0 N–H and O–H groups in total. The number of halogens is 3. The van der Waals surface area contributed by atoms with Crippen LogP contribution in [-0.4, -0.2) is 0 Å². The molecular weight excluding hydrogens is 253 g/mol. The maximum Gasteiger partial charge on any atom is 0.416 e. The van der Waals surface area contributed by atoms with Crippen LogP contribution in [0.15, 0.2) is 58.8 Å². The minimum absolute atomic E-state index is 0.383. The first-order valence-electron chi connectivity index (χ1n) is 5.61. The van der Waals surface area contributed by atoms with E-state index in [1.807, 2.05) is 19.1 Å². The number of azo groups is 1. The summed E-state index contributed by atoms with van der Waals surface area (Å²) < 4.78 is 37.1. The number of aryl methyl sites for hydroxylation is 1. The van der Waals surface area contributed by atoms with Gasteiger partial charge in [0.2, 0.25) is 0 Å². The number of hydrogen-bond donors (Lipinski definition) is 0. The van der Waals surface area contributed by atoms with E-state index in [2.05, 4.69) is 10.2 Å². The number of nitrogens with zero attached hydrogens (tertiary/aromatic N) is 2. The highest BCUT2D eigenvalue weighted by Gasteiger charge is 2.29. The van der Waals surface area contributed by atoms with Gasteiger partial charge in [0.15, 0.2) is 0 Å². The minimum atomic E-state index is -4.33. The lowest BCUT2D eigenvalue weighted by atomic mass is 10.2. The summed E-state index contributed by atoms with van der Waals surface area (Å²) in [6.45, 7) is 1.96. The fourth-order valence-corrected chi connectivity index (χ4v) is 1.44. The van der Waals surface area contributed by atoms with Gasteiger partial charge in [0.05, 0.1) is 16.9 Å². The maximum absolute atomic E-state index is 12.4. The lowest BCUT2D eigenvalue weighted by Gasteiger charge is -2.05. The van der Waals surface area contributed by atoms with E-state index in [4.69, 9.17) is 0 Å². The molecular formula is C14H11F3N2. The van der Waals surface area contributed by atoms with E-state index in [0.717, 1.165) is 17.7 Å². The van der Waals surface area contributed by atoms with E-state index in [0.29, 0.717) is 11.4 Å². The molecule has 98 valence electrons. The van der Waals surface area contributed by atoms with Crippen LogP contribution in [0.5, 0.6) is 0 Å². The van der Waals surface area contributed by atoms with Crippen molar-refractivity contribution in [3.8, 4) is 0 Å². The second-order valence-electron chi connectivity index (χ2n) is 4.08. The maximum atomic E-state index is 12.4. The zero-order valence-corrected chi connectivity index (χ0v) is 10.1. The quantitative estimate of drug-likeness (QED) is 0.646. The second kappa shape index (κ2) is 5.22. The van der Waals surface area contributed by atoms with Gasteiger partial charge >= 0.3 is 6.18 Å². The Morgan fingerprint density at radius 3 is 1.58 bits per heavy atom. The molecule has 0 aromatic heterocycles. The Morgan fingerprint density at radius 2 is 1.16 bits per heavy atom. The smallest absolute Gasteiger partial charge is 0.166 e. The van der Waals surface area contributed by atoms with Crippen LogP contribution in [0.4, 0.5) is 24.5 Å². The summed E-state index contributed by atoms with van der Waals surface area (Å²) in [5, 5.41) is 7.84. The normalized spacial score (nSPS) is 12.0. The van der Waals surface area contributed by atoms with Crippen molar-refractivity contribution in [1.29, 1.82) is 0 Å². The molecule has 0 aliphatic carbocycles. The first-order chi connectivity index (χ1) is 8.95. The fraction of sp³-hybridized carbons (Fsp3) is 0.143. The van der Waals surface area contributed by atoms with Crippen LogP contribution in [0.1, 0.15) is 11.1 Å². The van der Waals surface area contributed by atoms with Crippen molar-refractivity contribution in [2.24, 2.45) is 10.2 Å². The van der Waals surface area contributed by atoms with E-state index < -0.39 is 11.7 Å². The second-order valence-corrected chi connectivity index (χ2v) is 4.08. The zero-order valence-electron chi connectivity index (χ0n) is 10.1. The van der Waals surface area contributed by atoms with Gasteiger partial charge in [-0.2, -0.15) is 23.4 Å². The van der Waals surface area contributed by atoms with Gasteiger partial charge in [0.1, 0.15) is 0 Å². The third-order valence-electron chi connectivity index (χ3n) is 2.51. The lowest BCUT2D eigenvalue weighted by Crippen LogP contribution is -2.03. The molecule has 0 spiro atoms. The fourth-order valence-electron chi connectivity index (χ4n) is 1.44. The zero-order chi connectivity index (χ0) is 13.9. The Hall–Kier alpha value is -2.17. The Kier molecular flexibility index (Phi) is 3.64. The highest BCUT2D eigenvalue weighted by atomic mass is 19.4. The van der Waals surface area contributed by atoms with E-state index in [1.54, 1.807) is 12.1 Å². The molecule has 0 aliphatic heterocycles. The van der Waals surface area contributed by atoms with Crippen LogP contribution < -0.4 is 0 Å². The molecule has 5 heteroatoms. The van der Waals surface area contributed by atoms with E-state index in [1.165, 1.54) is 12.1 Å². The van der Waals surface area contributed by atoms with Crippen LogP contribution in [-0.2, 0) is 6.18 Å². The third-order valence-corrected chi connectivity index (χ3v) is 2.51. The van der Waals surface area contributed by atoms with Crippen LogP contribution in [0.25, 0.3) is 0 Å². The minimum Gasteiger partial charge on any atom is -0.166 e. The van der Waals surface area contributed by atoms with E-state index >= 15 is 0 Å². The molecule has 0 aliphatic rings. The van der Waals surface area contributed by atoms with Crippen molar-refractivity contribution in [3.05, 3.63) is 59.7 Å². The van der Waals surface area contributed by atoms with Crippen LogP contribution in [0.2, 0.25) is 0 Å². The van der Waals surface area contributed by atoms with Gasteiger partial charge < -0.3 is 0 Å². The molecule has 2 nitrogen and oxygen atoms in total. The monoisotopic (exact) mass is 264 g/mol. The molecule has 2 aromatic carbocycles. The molecule has 2 aromatic rings. The molecule has 0 radical (unpaired) electrons. The van der Waals surface area contributed by atoms with Crippen LogP contribution >= 0.6 is 0 Å². The van der Waals surface area contributed by atoms with Crippen molar-refractivity contribution in [2.75, 3.05) is 0 Å². The van der Waals surface area contributed by atoms with Crippen molar-refractivity contribution in [2.45, 2.75) is 13.1 Å². The number of alkyl halides is 3. The predicted molar refractivity (Wildman–Crippen MR) is 66.8 cm³/mol. The Bertz CT molecular complexity index is 569. The first-order valence-corrected chi connectivity index (χ1v) is 5.61. The predicted octanol–water partition coefficient (Wildman–Crippen LogP) is 5.43.